The van der Waals surface area contributed by atoms with Gasteiger partial charge in [-0.2, -0.15) is 0 Å². The third-order valence-electron chi connectivity index (χ3n) is 7.16. The molecule has 0 spiro atoms. The SMILES string of the molecule is CC(C)(C(=O)O)c1cc2cc(NC(=O)C3(c4ccc5c(c4)OC(F)(F)O5)CC3)c(F)cc2n1CC(O)CO. The van der Waals surface area contributed by atoms with Gasteiger partial charge in [-0.3, -0.25) is 9.59 Å². The summed E-state index contributed by atoms with van der Waals surface area (Å²) in [5.41, 5.74) is -1.67. The number of aliphatic hydroxyl groups is 2. The van der Waals surface area contributed by atoms with Crippen molar-refractivity contribution in [3.05, 3.63) is 53.5 Å². The van der Waals surface area contributed by atoms with Crippen molar-refractivity contribution in [1.29, 1.82) is 0 Å². The number of rotatable bonds is 8. The zero-order valence-electron chi connectivity index (χ0n) is 20.4. The second kappa shape index (κ2) is 8.63. The van der Waals surface area contributed by atoms with Gasteiger partial charge < -0.3 is 34.7 Å². The van der Waals surface area contributed by atoms with E-state index in [-0.39, 0.29) is 34.9 Å². The maximum atomic E-state index is 15.2. The highest BCUT2D eigenvalue weighted by atomic mass is 19.3. The maximum Gasteiger partial charge on any atom is 0.586 e. The number of hydrogen-bond donors (Lipinski definition) is 4. The lowest BCUT2D eigenvalue weighted by Crippen LogP contribution is -2.33. The van der Waals surface area contributed by atoms with Crippen LogP contribution in [0.2, 0.25) is 0 Å². The van der Waals surface area contributed by atoms with E-state index in [1.165, 1.54) is 48.7 Å². The third kappa shape index (κ3) is 4.23. The van der Waals surface area contributed by atoms with Crippen LogP contribution in [0.25, 0.3) is 10.9 Å². The molecule has 1 aromatic heterocycles. The lowest BCUT2D eigenvalue weighted by atomic mass is 9.89. The summed E-state index contributed by atoms with van der Waals surface area (Å²) < 4.78 is 52.4. The minimum atomic E-state index is -3.80. The summed E-state index contributed by atoms with van der Waals surface area (Å²) in [6.45, 7) is 2.16. The predicted octanol–water partition coefficient (Wildman–Crippen LogP) is 3.49. The molecule has 0 saturated heterocycles. The number of aromatic nitrogens is 1. The molecule has 1 saturated carbocycles. The molecule has 1 aliphatic carbocycles. The van der Waals surface area contributed by atoms with Crippen LogP contribution < -0.4 is 14.8 Å². The molecule has 9 nitrogen and oxygen atoms in total. The maximum absolute atomic E-state index is 15.2. The van der Waals surface area contributed by atoms with Gasteiger partial charge in [0.05, 0.1) is 35.9 Å². The Morgan fingerprint density at radius 1 is 1.13 bits per heavy atom. The third-order valence-corrected chi connectivity index (χ3v) is 7.16. The highest BCUT2D eigenvalue weighted by molar-refractivity contribution is 6.03. The van der Waals surface area contributed by atoms with Crippen molar-refractivity contribution in [1.82, 2.24) is 4.57 Å². The quantitative estimate of drug-likeness (QED) is 0.348. The van der Waals surface area contributed by atoms with Gasteiger partial charge in [-0.15, -0.1) is 8.78 Å². The molecule has 2 heterocycles. The van der Waals surface area contributed by atoms with Crippen LogP contribution in [0, 0.1) is 5.82 Å². The Morgan fingerprint density at radius 2 is 1.82 bits per heavy atom. The van der Waals surface area contributed by atoms with Crippen LogP contribution in [0.15, 0.2) is 36.4 Å². The van der Waals surface area contributed by atoms with Crippen molar-refractivity contribution < 1.29 is 47.6 Å². The molecule has 4 N–H and O–H groups in total. The normalized spacial score (nSPS) is 17.9. The number of carboxylic acids is 1. The molecule has 202 valence electrons. The van der Waals surface area contributed by atoms with Gasteiger partial charge in [0.2, 0.25) is 5.91 Å². The first-order valence-electron chi connectivity index (χ1n) is 11.8. The van der Waals surface area contributed by atoms with Crippen molar-refractivity contribution >= 4 is 28.5 Å². The average molecular weight is 534 g/mol. The summed E-state index contributed by atoms with van der Waals surface area (Å²) in [7, 11) is 0. The predicted molar refractivity (Wildman–Crippen MR) is 128 cm³/mol. The van der Waals surface area contributed by atoms with Crippen LogP contribution in [-0.2, 0) is 27.0 Å². The Kier molecular flexibility index (Phi) is 5.88. The number of nitrogens with one attached hydrogen (secondary N) is 1. The van der Waals surface area contributed by atoms with Gasteiger partial charge >= 0.3 is 12.3 Å². The molecule has 38 heavy (non-hydrogen) atoms. The monoisotopic (exact) mass is 534 g/mol. The van der Waals surface area contributed by atoms with Crippen LogP contribution >= 0.6 is 0 Å². The molecule has 1 atom stereocenters. The molecule has 2 aromatic carbocycles. The van der Waals surface area contributed by atoms with Crippen molar-refractivity contribution in [2.45, 2.75) is 56.5 Å². The van der Waals surface area contributed by atoms with Gasteiger partial charge in [0.1, 0.15) is 11.2 Å². The molecule has 3 aromatic rings. The first-order valence-corrected chi connectivity index (χ1v) is 11.8. The van der Waals surface area contributed by atoms with Gasteiger partial charge in [0.25, 0.3) is 0 Å². The Hall–Kier alpha value is -3.77. The summed E-state index contributed by atoms with van der Waals surface area (Å²) in [6, 6.07) is 8.12. The largest absolute Gasteiger partial charge is 0.586 e. The van der Waals surface area contributed by atoms with E-state index >= 15 is 4.39 Å². The molecular weight excluding hydrogens is 509 g/mol. The fourth-order valence-corrected chi connectivity index (χ4v) is 4.73. The number of benzene rings is 2. The first-order chi connectivity index (χ1) is 17.8. The molecule has 12 heteroatoms. The van der Waals surface area contributed by atoms with E-state index in [2.05, 4.69) is 14.8 Å². The Labute approximate surface area is 214 Å². The topological polar surface area (TPSA) is 130 Å². The number of ether oxygens (including phenoxy) is 2. The van der Waals surface area contributed by atoms with Crippen molar-refractivity contribution in [2.24, 2.45) is 0 Å². The van der Waals surface area contributed by atoms with Gasteiger partial charge in [0.15, 0.2) is 11.5 Å². The summed E-state index contributed by atoms with van der Waals surface area (Å²) in [5, 5.41) is 32.1. The second-order valence-corrected chi connectivity index (χ2v) is 10.2. The van der Waals surface area contributed by atoms with Crippen molar-refractivity contribution in [3.63, 3.8) is 0 Å². The smallest absolute Gasteiger partial charge is 0.481 e. The number of nitrogens with zero attached hydrogens (tertiary/aromatic N) is 1. The number of hydrogen-bond acceptors (Lipinski definition) is 6. The van der Waals surface area contributed by atoms with Gasteiger partial charge in [-0.05, 0) is 56.5 Å². The number of alkyl halides is 2. The highest BCUT2D eigenvalue weighted by Gasteiger charge is 2.53. The minimum Gasteiger partial charge on any atom is -0.481 e. The van der Waals surface area contributed by atoms with E-state index < -0.39 is 47.5 Å². The van der Waals surface area contributed by atoms with E-state index in [0.29, 0.717) is 23.8 Å². The van der Waals surface area contributed by atoms with Gasteiger partial charge in [-0.25, -0.2) is 4.39 Å². The van der Waals surface area contributed by atoms with Gasteiger partial charge in [0, 0.05) is 17.1 Å². The highest BCUT2D eigenvalue weighted by Crippen LogP contribution is 2.52. The molecule has 1 aliphatic heterocycles. The molecular formula is C26H25F3N2O7. The molecule has 2 aliphatic rings. The average Bonchev–Trinajstić information content (AvgIpc) is 3.50. The summed E-state index contributed by atoms with van der Waals surface area (Å²) >= 11 is 0. The summed E-state index contributed by atoms with van der Waals surface area (Å²) in [4.78, 5) is 25.2. The number of fused-ring (bicyclic) bond motifs is 2. The molecule has 0 bridgehead atoms. The van der Waals surface area contributed by atoms with E-state index in [9.17, 15) is 33.7 Å². The van der Waals surface area contributed by atoms with Crippen LogP contribution in [-0.4, -0.2) is 50.8 Å². The molecule has 0 radical (unpaired) electrons. The van der Waals surface area contributed by atoms with E-state index in [1.807, 2.05) is 0 Å². The number of carbonyl (C=O) groups is 2. The Balaban J connectivity index is 1.48. The van der Waals surface area contributed by atoms with Crippen LogP contribution in [0.3, 0.4) is 0 Å². The number of halogens is 3. The number of carboxylic acid groups (broad SMARTS) is 1. The van der Waals surface area contributed by atoms with E-state index in [4.69, 9.17) is 0 Å². The lowest BCUT2D eigenvalue weighted by Gasteiger charge is -2.23. The summed E-state index contributed by atoms with van der Waals surface area (Å²) in [5.74, 6) is -2.83. The standard InChI is InChI=1S/C26H25F3N2O7/c1-24(2,23(35)36)21-8-13-7-17(16(27)10-18(13)31(21)11-15(33)12-32)30-22(34)25(5-6-25)14-3-4-19-20(9-14)38-26(28,29)37-19/h3-4,7-10,15,32-33H,5-6,11-12H2,1-2H3,(H,30,34)(H,35,36). The molecule has 1 fully saturated rings. The number of carbonyl (C=O) groups excluding carboxylic acids is 1. The van der Waals surface area contributed by atoms with Gasteiger partial charge in [-0.1, -0.05) is 6.07 Å². The molecule has 1 unspecified atom stereocenters. The Morgan fingerprint density at radius 3 is 2.45 bits per heavy atom. The lowest BCUT2D eigenvalue weighted by molar-refractivity contribution is -0.286. The number of amides is 1. The number of aliphatic hydroxyl groups excluding tert-OH is 2. The van der Waals surface area contributed by atoms with Crippen LogP contribution in [0.5, 0.6) is 11.5 Å². The number of aliphatic carboxylic acids is 1. The molecule has 1 amide bonds. The van der Waals surface area contributed by atoms with E-state index in [0.717, 1.165) is 6.07 Å². The van der Waals surface area contributed by atoms with Crippen molar-refractivity contribution in [2.75, 3.05) is 11.9 Å². The fraction of sp³-hybridized carbons (Fsp3) is 0.385. The fourth-order valence-electron chi connectivity index (χ4n) is 4.73. The Bertz CT molecular complexity index is 1460. The summed E-state index contributed by atoms with van der Waals surface area (Å²) in [6.07, 6.45) is -4.19. The second-order valence-electron chi connectivity index (χ2n) is 10.2. The zero-order valence-corrected chi connectivity index (χ0v) is 20.4. The van der Waals surface area contributed by atoms with E-state index in [1.54, 1.807) is 0 Å². The van der Waals surface area contributed by atoms with Crippen LogP contribution in [0.1, 0.15) is 37.9 Å². The number of anilines is 1. The van der Waals surface area contributed by atoms with Crippen molar-refractivity contribution in [3.8, 4) is 11.5 Å². The van der Waals surface area contributed by atoms with Crippen LogP contribution in [0.4, 0.5) is 18.9 Å². The zero-order chi connectivity index (χ0) is 27.6. The molecule has 5 rings (SSSR count). The minimum absolute atomic E-state index is 0.151. The first kappa shape index (κ1) is 25.9.